The molecule has 0 spiro atoms. The van der Waals surface area contributed by atoms with Crippen LogP contribution in [0.1, 0.15) is 5.56 Å². The maximum Gasteiger partial charge on any atom is 0.204 e. The third kappa shape index (κ3) is 2.28. The standard InChI is InChI=1S/C12H15N3O3S/c1-6-5-7(16-2)9(17-3)10(18-4)8(6)11-14-15-12(13)19-11/h5H,1-4H3,(H2,13,15). The minimum Gasteiger partial charge on any atom is -0.493 e. The lowest BCUT2D eigenvalue weighted by atomic mass is 10.1. The molecular weight excluding hydrogens is 266 g/mol. The number of methoxy groups -OCH3 is 3. The number of anilines is 1. The summed E-state index contributed by atoms with van der Waals surface area (Å²) in [6.07, 6.45) is 0. The second-order valence-corrected chi connectivity index (χ2v) is 4.79. The van der Waals surface area contributed by atoms with E-state index in [2.05, 4.69) is 10.2 Å². The van der Waals surface area contributed by atoms with Crippen LogP contribution in [0.25, 0.3) is 10.6 Å². The number of hydrogen-bond donors (Lipinski definition) is 1. The molecule has 0 atom stereocenters. The maximum absolute atomic E-state index is 5.63. The van der Waals surface area contributed by atoms with Crippen molar-refractivity contribution < 1.29 is 14.2 Å². The highest BCUT2D eigenvalue weighted by molar-refractivity contribution is 7.18. The van der Waals surface area contributed by atoms with E-state index < -0.39 is 0 Å². The molecular formula is C12H15N3O3S. The number of rotatable bonds is 4. The van der Waals surface area contributed by atoms with Crippen molar-refractivity contribution in [1.29, 1.82) is 0 Å². The molecule has 1 aromatic heterocycles. The molecule has 0 saturated carbocycles. The second-order valence-electron chi connectivity index (χ2n) is 3.78. The molecule has 2 aromatic rings. The zero-order valence-corrected chi connectivity index (χ0v) is 12.0. The molecule has 2 N–H and O–H groups in total. The first-order valence-corrected chi connectivity index (χ1v) is 6.33. The number of benzene rings is 1. The summed E-state index contributed by atoms with van der Waals surface area (Å²) >= 11 is 1.30. The van der Waals surface area contributed by atoms with Crippen LogP contribution in [0.2, 0.25) is 0 Å². The van der Waals surface area contributed by atoms with Crippen molar-refractivity contribution in [3.63, 3.8) is 0 Å². The zero-order chi connectivity index (χ0) is 14.0. The number of hydrogen-bond acceptors (Lipinski definition) is 7. The molecule has 0 aliphatic rings. The first-order valence-electron chi connectivity index (χ1n) is 5.51. The Morgan fingerprint density at radius 3 is 2.21 bits per heavy atom. The number of nitrogens with zero attached hydrogens (tertiary/aromatic N) is 2. The highest BCUT2D eigenvalue weighted by Crippen LogP contribution is 2.47. The third-order valence-corrected chi connectivity index (χ3v) is 3.45. The SMILES string of the molecule is COc1cc(C)c(-c2nnc(N)s2)c(OC)c1OC. The molecule has 0 aliphatic carbocycles. The average molecular weight is 281 g/mol. The lowest BCUT2D eigenvalue weighted by molar-refractivity contribution is 0.325. The Balaban J connectivity index is 2.72. The lowest BCUT2D eigenvalue weighted by Gasteiger charge is -2.16. The number of ether oxygens (including phenoxy) is 3. The fourth-order valence-corrected chi connectivity index (χ4v) is 2.60. The number of nitrogen functional groups attached to an aromatic ring is 1. The Hall–Kier alpha value is -2.02. The van der Waals surface area contributed by atoms with Gasteiger partial charge in [0.25, 0.3) is 0 Å². The quantitative estimate of drug-likeness (QED) is 0.924. The maximum atomic E-state index is 5.63. The van der Waals surface area contributed by atoms with E-state index in [-0.39, 0.29) is 0 Å². The van der Waals surface area contributed by atoms with Crippen LogP contribution in [-0.2, 0) is 0 Å². The average Bonchev–Trinajstić information content (AvgIpc) is 2.83. The van der Waals surface area contributed by atoms with Crippen molar-refractivity contribution in [1.82, 2.24) is 10.2 Å². The summed E-state index contributed by atoms with van der Waals surface area (Å²) in [5.41, 5.74) is 7.40. The highest BCUT2D eigenvalue weighted by Gasteiger charge is 2.22. The molecule has 1 heterocycles. The second kappa shape index (κ2) is 5.31. The first-order chi connectivity index (χ1) is 9.12. The predicted octanol–water partition coefficient (Wildman–Crippen LogP) is 2.12. The summed E-state index contributed by atoms with van der Waals surface area (Å²) in [4.78, 5) is 0. The molecule has 2 rings (SSSR count). The molecule has 7 heteroatoms. The topological polar surface area (TPSA) is 79.5 Å². The van der Waals surface area contributed by atoms with Crippen molar-refractivity contribution in [2.45, 2.75) is 6.92 Å². The molecule has 19 heavy (non-hydrogen) atoms. The van der Waals surface area contributed by atoms with Gasteiger partial charge in [0.2, 0.25) is 10.9 Å². The van der Waals surface area contributed by atoms with Crippen molar-refractivity contribution in [3.05, 3.63) is 11.6 Å². The molecule has 0 unspecified atom stereocenters. The van der Waals surface area contributed by atoms with Crippen molar-refractivity contribution in [2.75, 3.05) is 27.1 Å². The smallest absolute Gasteiger partial charge is 0.204 e. The molecule has 0 amide bonds. The molecule has 0 bridgehead atoms. The van der Waals surface area contributed by atoms with Crippen LogP contribution in [0.5, 0.6) is 17.2 Å². The first kappa shape index (κ1) is 13.4. The van der Waals surface area contributed by atoms with Gasteiger partial charge in [-0.2, -0.15) is 0 Å². The van der Waals surface area contributed by atoms with Gasteiger partial charge < -0.3 is 19.9 Å². The Bertz CT molecular complexity index is 598. The predicted molar refractivity (Wildman–Crippen MR) is 74.2 cm³/mol. The van der Waals surface area contributed by atoms with Crippen LogP contribution in [-0.4, -0.2) is 31.5 Å². The van der Waals surface area contributed by atoms with Gasteiger partial charge in [-0.3, -0.25) is 0 Å². The van der Waals surface area contributed by atoms with Crippen LogP contribution >= 0.6 is 11.3 Å². The van der Waals surface area contributed by atoms with Crippen LogP contribution in [0.3, 0.4) is 0 Å². The van der Waals surface area contributed by atoms with E-state index in [1.807, 2.05) is 13.0 Å². The highest BCUT2D eigenvalue weighted by atomic mass is 32.1. The Labute approximate surface area is 115 Å². The minimum absolute atomic E-state index is 0.409. The van der Waals surface area contributed by atoms with Gasteiger partial charge >= 0.3 is 0 Å². The number of nitrogens with two attached hydrogens (primary N) is 1. The minimum atomic E-state index is 0.409. The molecule has 1 aromatic carbocycles. The summed E-state index contributed by atoms with van der Waals surface area (Å²) in [6, 6.07) is 1.87. The van der Waals surface area contributed by atoms with Gasteiger partial charge in [0.1, 0.15) is 0 Å². The monoisotopic (exact) mass is 281 g/mol. The summed E-state index contributed by atoms with van der Waals surface area (Å²) in [6.45, 7) is 1.94. The van der Waals surface area contributed by atoms with E-state index in [4.69, 9.17) is 19.9 Å². The van der Waals surface area contributed by atoms with Gasteiger partial charge in [0.05, 0.1) is 26.9 Å². The van der Waals surface area contributed by atoms with Crippen molar-refractivity contribution in [2.24, 2.45) is 0 Å². The van der Waals surface area contributed by atoms with E-state index in [9.17, 15) is 0 Å². The number of aryl methyl sites for hydroxylation is 1. The Morgan fingerprint density at radius 2 is 1.74 bits per heavy atom. The van der Waals surface area contributed by atoms with Crippen LogP contribution in [0.4, 0.5) is 5.13 Å². The van der Waals surface area contributed by atoms with E-state index in [1.165, 1.54) is 11.3 Å². The van der Waals surface area contributed by atoms with Gasteiger partial charge in [-0.05, 0) is 18.6 Å². The summed E-state index contributed by atoms with van der Waals surface area (Å²) in [5, 5.41) is 8.98. The molecule has 0 radical (unpaired) electrons. The van der Waals surface area contributed by atoms with Crippen molar-refractivity contribution >= 4 is 16.5 Å². The fourth-order valence-electron chi connectivity index (χ4n) is 1.88. The van der Waals surface area contributed by atoms with E-state index >= 15 is 0 Å². The Morgan fingerprint density at radius 1 is 1.05 bits per heavy atom. The van der Waals surface area contributed by atoms with E-state index in [0.29, 0.717) is 27.4 Å². The van der Waals surface area contributed by atoms with Crippen LogP contribution in [0, 0.1) is 6.92 Å². The summed E-state index contributed by atoms with van der Waals surface area (Å²) in [5.74, 6) is 1.70. The molecule has 0 aliphatic heterocycles. The third-order valence-electron chi connectivity index (χ3n) is 2.68. The van der Waals surface area contributed by atoms with Gasteiger partial charge in [0.15, 0.2) is 16.5 Å². The van der Waals surface area contributed by atoms with Gasteiger partial charge in [-0.1, -0.05) is 11.3 Å². The fraction of sp³-hybridized carbons (Fsp3) is 0.333. The van der Waals surface area contributed by atoms with Gasteiger partial charge in [-0.25, -0.2) is 0 Å². The van der Waals surface area contributed by atoms with Crippen LogP contribution in [0.15, 0.2) is 6.07 Å². The molecule has 6 nitrogen and oxygen atoms in total. The Kier molecular flexibility index (Phi) is 3.75. The zero-order valence-electron chi connectivity index (χ0n) is 11.2. The normalized spacial score (nSPS) is 10.3. The van der Waals surface area contributed by atoms with Crippen LogP contribution < -0.4 is 19.9 Å². The van der Waals surface area contributed by atoms with E-state index in [1.54, 1.807) is 21.3 Å². The summed E-state index contributed by atoms with van der Waals surface area (Å²) in [7, 11) is 4.72. The largest absolute Gasteiger partial charge is 0.493 e. The van der Waals surface area contributed by atoms with E-state index in [0.717, 1.165) is 11.1 Å². The molecule has 102 valence electrons. The van der Waals surface area contributed by atoms with Crippen molar-refractivity contribution in [3.8, 4) is 27.8 Å². The molecule has 0 fully saturated rings. The number of aromatic nitrogens is 2. The van der Waals surface area contributed by atoms with Gasteiger partial charge in [-0.15, -0.1) is 10.2 Å². The van der Waals surface area contributed by atoms with Gasteiger partial charge in [0, 0.05) is 0 Å². The summed E-state index contributed by atoms with van der Waals surface area (Å²) < 4.78 is 16.1. The lowest BCUT2D eigenvalue weighted by Crippen LogP contribution is -1.99. The molecule has 0 saturated heterocycles.